The number of allylic oxidation sites excluding steroid dienone is 1. The van der Waals surface area contributed by atoms with Crippen LogP contribution in [0.2, 0.25) is 12.6 Å². The summed E-state index contributed by atoms with van der Waals surface area (Å²) < 4.78 is 5.76. The second kappa shape index (κ2) is 9.79. The first-order chi connectivity index (χ1) is 16.3. The molecule has 0 amide bonds. The summed E-state index contributed by atoms with van der Waals surface area (Å²) in [6.45, 7) is 7.09. The number of ether oxygens (including phenoxy) is 1. The van der Waals surface area contributed by atoms with Crippen LogP contribution < -0.4 is 16.7 Å². The molecule has 0 bridgehead atoms. The lowest BCUT2D eigenvalue weighted by Gasteiger charge is -2.21. The zero-order valence-corrected chi connectivity index (χ0v) is 18.4. The Hall–Kier alpha value is -3.78. The number of hydrogen-bond acceptors (Lipinski definition) is 7. The number of nitrogens with one attached hydrogen (secondary N) is 2. The van der Waals surface area contributed by atoms with Gasteiger partial charge in [0.25, 0.3) is 0 Å². The van der Waals surface area contributed by atoms with Crippen LogP contribution in [0.4, 0.5) is 5.69 Å². The van der Waals surface area contributed by atoms with Gasteiger partial charge in [0, 0.05) is 36.7 Å². The first-order valence-corrected chi connectivity index (χ1v) is 11.2. The van der Waals surface area contributed by atoms with Crippen LogP contribution in [0.25, 0.3) is 16.8 Å². The predicted octanol–water partition coefficient (Wildman–Crippen LogP) is 3.55. The maximum atomic E-state index is 5.76. The van der Waals surface area contributed by atoms with Crippen molar-refractivity contribution in [2.24, 2.45) is 0 Å². The van der Waals surface area contributed by atoms with E-state index >= 15 is 0 Å². The highest BCUT2D eigenvalue weighted by Gasteiger charge is 2.27. The van der Waals surface area contributed by atoms with Gasteiger partial charge in [0.2, 0.25) is 6.71 Å². The normalized spacial score (nSPS) is 16.3. The number of hydrogen-bond donors (Lipinski definition) is 2. The molecule has 7 nitrogen and oxygen atoms in total. The van der Waals surface area contributed by atoms with Crippen LogP contribution in [0.3, 0.4) is 0 Å². The van der Waals surface area contributed by atoms with Crippen molar-refractivity contribution in [3.8, 4) is 11.1 Å². The molecule has 166 valence electrons. The quantitative estimate of drug-likeness (QED) is 0.241. The second-order valence-electron chi connectivity index (χ2n) is 8.18. The molecule has 0 spiro atoms. The van der Waals surface area contributed by atoms with Gasteiger partial charge in [-0.15, -0.1) is 0 Å². The molecule has 3 heterocycles. The number of hydroxylamine groups is 1. The number of benzene rings is 2. The smallest absolute Gasteiger partial charge is 0.236 e. The molecule has 2 aliphatic rings. The summed E-state index contributed by atoms with van der Waals surface area (Å²) in [4.78, 5) is 16.8. The third-order valence-corrected chi connectivity index (χ3v) is 5.84. The number of rotatable bonds is 8. The molecule has 2 aliphatic heterocycles. The molecule has 2 saturated heterocycles. The Morgan fingerprint density at radius 3 is 2.48 bits per heavy atom. The summed E-state index contributed by atoms with van der Waals surface area (Å²) in [6.07, 6.45) is 7.08. The first kappa shape index (κ1) is 21.1. The lowest BCUT2D eigenvalue weighted by atomic mass is 9.43. The Labute approximate surface area is 194 Å². The van der Waals surface area contributed by atoms with Crippen LogP contribution in [0.5, 0.6) is 0 Å². The molecule has 2 aromatic carbocycles. The van der Waals surface area contributed by atoms with Gasteiger partial charge in [-0.25, -0.2) is 11.0 Å². The monoisotopic (exact) mass is 439 g/mol. The second-order valence-corrected chi connectivity index (χ2v) is 8.18. The molecule has 3 aromatic rings. The van der Waals surface area contributed by atoms with Crippen molar-refractivity contribution in [3.05, 3.63) is 91.1 Å². The number of aromatic nitrogens is 2. The van der Waals surface area contributed by atoms with E-state index < -0.39 is 0 Å². The minimum absolute atomic E-state index is 0.217. The fourth-order valence-corrected chi connectivity index (χ4v) is 3.80. The molecule has 0 atom stereocenters. The van der Waals surface area contributed by atoms with E-state index in [-0.39, 0.29) is 6.71 Å². The van der Waals surface area contributed by atoms with Gasteiger partial charge < -0.3 is 9.64 Å². The highest BCUT2D eigenvalue weighted by molar-refractivity contribution is 6.72. The summed E-state index contributed by atoms with van der Waals surface area (Å²) in [5.41, 5.74) is 11.7. The zero-order valence-electron chi connectivity index (χ0n) is 18.4. The summed E-state index contributed by atoms with van der Waals surface area (Å²) >= 11 is 0. The fraction of sp³-hybridized carbons (Fsp3) is 0.200. The van der Waals surface area contributed by atoms with Crippen molar-refractivity contribution in [1.82, 2.24) is 20.3 Å². The molecule has 0 unspecified atom stereocenters. The van der Waals surface area contributed by atoms with E-state index in [4.69, 9.17) is 9.68 Å². The molecule has 0 radical (unpaired) electrons. The van der Waals surface area contributed by atoms with Crippen molar-refractivity contribution < 1.29 is 9.68 Å². The lowest BCUT2D eigenvalue weighted by molar-refractivity contribution is 0.116. The Morgan fingerprint density at radius 1 is 1.03 bits per heavy atom. The molecule has 33 heavy (non-hydrogen) atoms. The SMILES string of the molecule is C=C(c1cnc(B2CCO/C(=C\NONc3ccc(-c4ccccc4)cc3)C2)nc1)N1CC1. The average molecular weight is 439 g/mol. The summed E-state index contributed by atoms with van der Waals surface area (Å²) in [6, 6.07) is 18.3. The van der Waals surface area contributed by atoms with Gasteiger partial charge in [-0.05, 0) is 35.9 Å². The highest BCUT2D eigenvalue weighted by atomic mass is 16.8. The minimum atomic E-state index is 0.217. The highest BCUT2D eigenvalue weighted by Crippen LogP contribution is 2.23. The van der Waals surface area contributed by atoms with Gasteiger partial charge >= 0.3 is 0 Å². The van der Waals surface area contributed by atoms with Gasteiger partial charge in [-0.1, -0.05) is 49.0 Å². The van der Waals surface area contributed by atoms with E-state index in [1.54, 1.807) is 6.20 Å². The van der Waals surface area contributed by atoms with Crippen molar-refractivity contribution >= 4 is 23.8 Å². The summed E-state index contributed by atoms with van der Waals surface area (Å²) in [5, 5.41) is 0. The van der Waals surface area contributed by atoms with Crippen molar-refractivity contribution in [1.29, 1.82) is 0 Å². The minimum Gasteiger partial charge on any atom is -0.498 e. The Morgan fingerprint density at radius 2 is 1.76 bits per heavy atom. The van der Waals surface area contributed by atoms with E-state index in [9.17, 15) is 0 Å². The van der Waals surface area contributed by atoms with E-state index in [0.29, 0.717) is 12.9 Å². The summed E-state index contributed by atoms with van der Waals surface area (Å²) in [7, 11) is 0. The number of nitrogens with zero attached hydrogens (tertiary/aromatic N) is 3. The predicted molar refractivity (Wildman–Crippen MR) is 131 cm³/mol. The van der Waals surface area contributed by atoms with Crippen molar-refractivity contribution in [2.75, 3.05) is 25.2 Å². The van der Waals surface area contributed by atoms with Crippen molar-refractivity contribution in [3.63, 3.8) is 0 Å². The fourth-order valence-electron chi connectivity index (χ4n) is 3.80. The van der Waals surface area contributed by atoms with Crippen LogP contribution in [0.1, 0.15) is 5.56 Å². The van der Waals surface area contributed by atoms with E-state index in [1.165, 1.54) is 5.56 Å². The molecule has 2 fully saturated rings. The van der Waals surface area contributed by atoms with Crippen LogP contribution in [0.15, 0.2) is 85.5 Å². The standard InChI is InChI=1S/C25H26BN5O2/c1-19(31-12-13-31)22-16-27-25(28-17-22)26-11-14-32-24(15-26)18-29-33-30-23-9-7-21(8-10-23)20-5-3-2-4-6-20/h2-10,16-18,29-30H,1,11-15H2/b24-18-. The largest absolute Gasteiger partial charge is 0.498 e. The van der Waals surface area contributed by atoms with Crippen LogP contribution in [-0.4, -0.2) is 41.3 Å². The van der Waals surface area contributed by atoms with E-state index in [1.807, 2.05) is 42.7 Å². The lowest BCUT2D eigenvalue weighted by Crippen LogP contribution is -2.39. The zero-order chi connectivity index (χ0) is 22.5. The van der Waals surface area contributed by atoms with Crippen LogP contribution >= 0.6 is 0 Å². The third kappa shape index (κ3) is 5.35. The van der Waals surface area contributed by atoms with E-state index in [2.05, 4.69) is 56.7 Å². The molecular formula is C25H26BN5O2. The Balaban J connectivity index is 1.11. The Kier molecular flexibility index (Phi) is 6.26. The van der Waals surface area contributed by atoms with Gasteiger partial charge in [0.05, 0.1) is 24.2 Å². The molecule has 0 aliphatic carbocycles. The van der Waals surface area contributed by atoms with Gasteiger partial charge in [-0.2, -0.15) is 4.94 Å². The third-order valence-electron chi connectivity index (χ3n) is 5.84. The first-order valence-electron chi connectivity index (χ1n) is 11.2. The molecule has 5 rings (SSSR count). The molecular weight excluding hydrogens is 413 g/mol. The van der Waals surface area contributed by atoms with Crippen molar-refractivity contribution in [2.45, 2.75) is 12.6 Å². The number of anilines is 1. The summed E-state index contributed by atoms with van der Waals surface area (Å²) in [5.74, 6) is 0.814. The average Bonchev–Trinajstić information content (AvgIpc) is 3.73. The topological polar surface area (TPSA) is 71.3 Å². The van der Waals surface area contributed by atoms with E-state index in [0.717, 1.165) is 53.4 Å². The molecule has 0 saturated carbocycles. The van der Waals surface area contributed by atoms with Gasteiger partial charge in [-0.3, -0.25) is 9.97 Å². The van der Waals surface area contributed by atoms with Gasteiger partial charge in [0.15, 0.2) is 0 Å². The maximum absolute atomic E-state index is 5.76. The van der Waals surface area contributed by atoms with Crippen LogP contribution in [-0.2, 0) is 9.68 Å². The van der Waals surface area contributed by atoms with Gasteiger partial charge in [0.1, 0.15) is 5.76 Å². The molecule has 1 aromatic heterocycles. The molecule has 8 heteroatoms. The molecule has 2 N–H and O–H groups in total. The Bertz CT molecular complexity index is 1120. The maximum Gasteiger partial charge on any atom is 0.236 e. The van der Waals surface area contributed by atoms with Crippen LogP contribution in [0, 0.1) is 0 Å².